The molecule has 34 heavy (non-hydrogen) atoms. The van der Waals surface area contributed by atoms with Gasteiger partial charge >= 0.3 is 5.97 Å². The lowest BCUT2D eigenvalue weighted by Gasteiger charge is -2.25. The fourth-order valence-corrected chi connectivity index (χ4v) is 4.70. The van der Waals surface area contributed by atoms with Crippen molar-refractivity contribution in [3.8, 4) is 0 Å². The summed E-state index contributed by atoms with van der Waals surface area (Å²) in [5.41, 5.74) is 3.03. The normalized spacial score (nSPS) is 11.1. The Morgan fingerprint density at radius 3 is 2.18 bits per heavy atom. The number of carbonyl (C=O) groups is 2. The Morgan fingerprint density at radius 1 is 0.941 bits per heavy atom. The van der Waals surface area contributed by atoms with E-state index >= 15 is 0 Å². The van der Waals surface area contributed by atoms with E-state index in [9.17, 15) is 18.0 Å². The Hall–Kier alpha value is -3.36. The van der Waals surface area contributed by atoms with Crippen LogP contribution in [0.2, 0.25) is 5.02 Å². The Labute approximate surface area is 204 Å². The van der Waals surface area contributed by atoms with Crippen LogP contribution in [0.3, 0.4) is 0 Å². The first-order valence-electron chi connectivity index (χ1n) is 10.5. The van der Waals surface area contributed by atoms with E-state index in [1.165, 1.54) is 36.4 Å². The Morgan fingerprint density at radius 2 is 1.59 bits per heavy atom. The molecule has 1 N–H and O–H groups in total. The zero-order valence-electron chi connectivity index (χ0n) is 19.0. The van der Waals surface area contributed by atoms with Gasteiger partial charge in [-0.3, -0.25) is 9.10 Å². The Bertz CT molecular complexity index is 1290. The highest BCUT2D eigenvalue weighted by atomic mass is 35.5. The highest BCUT2D eigenvalue weighted by molar-refractivity contribution is 7.92. The topological polar surface area (TPSA) is 92.8 Å². The summed E-state index contributed by atoms with van der Waals surface area (Å²) >= 11 is 5.92. The highest BCUT2D eigenvalue weighted by Crippen LogP contribution is 2.26. The maximum absolute atomic E-state index is 13.5. The molecule has 0 fully saturated rings. The maximum Gasteiger partial charge on any atom is 0.338 e. The number of esters is 1. The summed E-state index contributed by atoms with van der Waals surface area (Å²) in [5.74, 6) is -1.00. The number of rotatable bonds is 8. The van der Waals surface area contributed by atoms with E-state index in [0.717, 1.165) is 15.4 Å². The van der Waals surface area contributed by atoms with Gasteiger partial charge < -0.3 is 10.1 Å². The van der Waals surface area contributed by atoms with Gasteiger partial charge in [-0.1, -0.05) is 17.7 Å². The Balaban J connectivity index is 1.88. The summed E-state index contributed by atoms with van der Waals surface area (Å²) in [5, 5.41) is 3.08. The second kappa shape index (κ2) is 10.7. The molecule has 3 rings (SSSR count). The average molecular weight is 501 g/mol. The largest absolute Gasteiger partial charge is 0.462 e. The van der Waals surface area contributed by atoms with Gasteiger partial charge in [0.2, 0.25) is 5.91 Å². The van der Waals surface area contributed by atoms with Gasteiger partial charge in [-0.25, -0.2) is 13.2 Å². The number of hydrogen-bond acceptors (Lipinski definition) is 5. The third kappa shape index (κ3) is 5.95. The van der Waals surface area contributed by atoms with E-state index in [0.29, 0.717) is 22.0 Å². The predicted molar refractivity (Wildman–Crippen MR) is 133 cm³/mol. The smallest absolute Gasteiger partial charge is 0.338 e. The third-order valence-corrected chi connectivity index (χ3v) is 7.19. The average Bonchev–Trinajstić information content (AvgIpc) is 2.80. The number of halogens is 1. The maximum atomic E-state index is 13.5. The second-order valence-electron chi connectivity index (χ2n) is 7.58. The molecule has 0 heterocycles. The van der Waals surface area contributed by atoms with E-state index in [4.69, 9.17) is 16.3 Å². The molecule has 0 aliphatic heterocycles. The number of sulfonamides is 1. The molecule has 0 aliphatic rings. The number of carbonyl (C=O) groups excluding carboxylic acids is 2. The molecule has 0 aromatic heterocycles. The van der Waals surface area contributed by atoms with Crippen LogP contribution in [0.4, 0.5) is 11.4 Å². The fraction of sp³-hybridized carbons (Fsp3) is 0.200. The van der Waals surface area contributed by atoms with Crippen molar-refractivity contribution in [2.75, 3.05) is 22.8 Å². The second-order valence-corrected chi connectivity index (χ2v) is 9.88. The van der Waals surface area contributed by atoms with Crippen LogP contribution < -0.4 is 9.62 Å². The van der Waals surface area contributed by atoms with Gasteiger partial charge in [0, 0.05) is 10.7 Å². The summed E-state index contributed by atoms with van der Waals surface area (Å²) in [7, 11) is -4.06. The van der Waals surface area contributed by atoms with Crippen LogP contribution in [0.1, 0.15) is 28.4 Å². The van der Waals surface area contributed by atoms with Gasteiger partial charge in [0.05, 0.1) is 22.8 Å². The van der Waals surface area contributed by atoms with Crippen molar-refractivity contribution < 1.29 is 22.7 Å². The molecule has 0 bridgehead atoms. The van der Waals surface area contributed by atoms with Gasteiger partial charge in [-0.05, 0) is 92.6 Å². The molecule has 7 nitrogen and oxygen atoms in total. The lowest BCUT2D eigenvalue weighted by atomic mass is 10.1. The van der Waals surface area contributed by atoms with Crippen molar-refractivity contribution in [3.63, 3.8) is 0 Å². The third-order valence-electron chi connectivity index (χ3n) is 5.15. The summed E-state index contributed by atoms with van der Waals surface area (Å²) < 4.78 is 32.9. The summed E-state index contributed by atoms with van der Waals surface area (Å²) in [6, 6.07) is 17.1. The van der Waals surface area contributed by atoms with Crippen molar-refractivity contribution in [1.82, 2.24) is 0 Å². The lowest BCUT2D eigenvalue weighted by molar-refractivity contribution is -0.114. The standard InChI is InChI=1S/C25H25ClN2O5S/c1-4-33-25(30)19-6-10-21(11-7-19)27-24(29)16-28(22-12-5-17(2)18(3)15-22)34(31,32)23-13-8-20(26)9-14-23/h5-15H,4,16H2,1-3H3,(H,27,29). The quantitative estimate of drug-likeness (QED) is 0.441. The minimum Gasteiger partial charge on any atom is -0.462 e. The highest BCUT2D eigenvalue weighted by Gasteiger charge is 2.27. The van der Waals surface area contributed by atoms with Crippen LogP contribution in [0.15, 0.2) is 71.6 Å². The van der Waals surface area contributed by atoms with Crippen LogP contribution in [0.25, 0.3) is 0 Å². The van der Waals surface area contributed by atoms with Gasteiger partial charge in [0.25, 0.3) is 10.0 Å². The molecule has 9 heteroatoms. The van der Waals surface area contributed by atoms with Crippen LogP contribution in [-0.4, -0.2) is 33.4 Å². The molecule has 0 spiro atoms. The van der Waals surface area contributed by atoms with Crippen molar-refractivity contribution in [3.05, 3.63) is 88.4 Å². The number of anilines is 2. The van der Waals surface area contributed by atoms with E-state index in [2.05, 4.69) is 5.32 Å². The van der Waals surface area contributed by atoms with Crippen LogP contribution in [-0.2, 0) is 19.6 Å². The molecular formula is C25H25ClN2O5S. The number of hydrogen-bond donors (Lipinski definition) is 1. The van der Waals surface area contributed by atoms with Gasteiger partial charge in [0.1, 0.15) is 6.54 Å². The zero-order chi connectivity index (χ0) is 24.9. The van der Waals surface area contributed by atoms with Gasteiger partial charge in [0.15, 0.2) is 0 Å². The first-order chi connectivity index (χ1) is 16.1. The van der Waals surface area contributed by atoms with Crippen molar-refractivity contribution in [1.29, 1.82) is 0 Å². The summed E-state index contributed by atoms with van der Waals surface area (Å²) in [6.45, 7) is 5.31. The van der Waals surface area contributed by atoms with Crippen molar-refractivity contribution >= 4 is 44.9 Å². The van der Waals surface area contributed by atoms with Crippen LogP contribution >= 0.6 is 11.6 Å². The minimum atomic E-state index is -4.06. The number of nitrogens with one attached hydrogen (secondary N) is 1. The van der Waals surface area contributed by atoms with E-state index in [1.807, 2.05) is 13.8 Å². The van der Waals surface area contributed by atoms with E-state index in [-0.39, 0.29) is 11.5 Å². The molecule has 0 radical (unpaired) electrons. The van der Waals surface area contributed by atoms with Crippen molar-refractivity contribution in [2.45, 2.75) is 25.7 Å². The first kappa shape index (κ1) is 25.3. The van der Waals surface area contributed by atoms with Crippen LogP contribution in [0, 0.1) is 13.8 Å². The monoisotopic (exact) mass is 500 g/mol. The molecule has 178 valence electrons. The molecule has 0 unspecified atom stereocenters. The van der Waals surface area contributed by atoms with Crippen LogP contribution in [0.5, 0.6) is 0 Å². The summed E-state index contributed by atoms with van der Waals surface area (Å²) in [6.07, 6.45) is 0. The van der Waals surface area contributed by atoms with Gasteiger partial charge in [-0.2, -0.15) is 0 Å². The molecule has 3 aromatic rings. The molecule has 3 aromatic carbocycles. The minimum absolute atomic E-state index is 0.0155. The number of nitrogens with zero attached hydrogens (tertiary/aromatic N) is 1. The Kier molecular flexibility index (Phi) is 7.96. The number of aryl methyl sites for hydroxylation is 2. The number of benzene rings is 3. The number of ether oxygens (including phenoxy) is 1. The molecule has 1 amide bonds. The lowest BCUT2D eigenvalue weighted by Crippen LogP contribution is -2.38. The van der Waals surface area contributed by atoms with Gasteiger partial charge in [-0.15, -0.1) is 0 Å². The SMILES string of the molecule is CCOC(=O)c1ccc(NC(=O)CN(c2ccc(C)c(C)c2)S(=O)(=O)c2ccc(Cl)cc2)cc1. The molecule has 0 aliphatic carbocycles. The summed E-state index contributed by atoms with van der Waals surface area (Å²) in [4.78, 5) is 24.7. The van der Waals surface area contributed by atoms with E-state index < -0.39 is 28.4 Å². The number of amides is 1. The van der Waals surface area contributed by atoms with Crippen molar-refractivity contribution in [2.24, 2.45) is 0 Å². The first-order valence-corrected chi connectivity index (χ1v) is 12.4. The predicted octanol–water partition coefficient (Wildman–Crippen LogP) is 4.97. The fourth-order valence-electron chi connectivity index (χ4n) is 3.16. The zero-order valence-corrected chi connectivity index (χ0v) is 20.6. The molecule has 0 saturated heterocycles. The molecule has 0 atom stereocenters. The van der Waals surface area contributed by atoms with E-state index in [1.54, 1.807) is 37.3 Å². The molecular weight excluding hydrogens is 476 g/mol. The molecule has 0 saturated carbocycles.